The maximum Gasteiger partial charge on any atom is 0.318 e. The zero-order chi connectivity index (χ0) is 5.86. The summed E-state index contributed by atoms with van der Waals surface area (Å²) in [6.07, 6.45) is 0. The van der Waals surface area contributed by atoms with Crippen LogP contribution in [-0.4, -0.2) is 11.9 Å². The van der Waals surface area contributed by atoms with Gasteiger partial charge in [0.1, 0.15) is 0 Å². The van der Waals surface area contributed by atoms with Crippen molar-refractivity contribution >= 4 is 11.9 Å². The minimum Gasteiger partial charge on any atom is -0.393 e. The average molecular weight is 98.1 g/mol. The third-order valence-corrected chi connectivity index (χ3v) is 0.201. The summed E-state index contributed by atoms with van der Waals surface area (Å²) >= 11 is 0. The number of rotatable bonds is 0. The molecule has 0 heterocycles. The van der Waals surface area contributed by atoms with E-state index in [2.05, 4.69) is 18.6 Å². The molecule has 0 N–H and O–H groups in total. The molecular formula is C4H2O3. The molecule has 0 aromatic carbocycles. The van der Waals surface area contributed by atoms with Gasteiger partial charge in [-0.2, -0.15) is 0 Å². The molecular weight excluding hydrogens is 96.0 g/mol. The van der Waals surface area contributed by atoms with Crippen LogP contribution in [0.2, 0.25) is 0 Å². The smallest absolute Gasteiger partial charge is 0.318 e. The van der Waals surface area contributed by atoms with Gasteiger partial charge in [0.15, 0.2) is 0 Å². The van der Waals surface area contributed by atoms with Crippen LogP contribution in [0.25, 0.3) is 0 Å². The Morgan fingerprint density at radius 2 is 1.43 bits per heavy atom. The standard InChI is InChI=1S/C4H2O3/c1-3(5)7-4(2)6/h1-2H. The van der Waals surface area contributed by atoms with E-state index in [1.807, 2.05) is 0 Å². The number of ether oxygens (including phenoxy) is 1. The molecule has 0 aromatic heterocycles. The van der Waals surface area contributed by atoms with Gasteiger partial charge in [0.2, 0.25) is 0 Å². The van der Waals surface area contributed by atoms with Gasteiger partial charge in [-0.3, -0.25) is 9.59 Å². The summed E-state index contributed by atoms with van der Waals surface area (Å²) in [5.41, 5.74) is 0. The molecule has 0 fully saturated rings. The molecule has 4 radical (unpaired) electrons. The van der Waals surface area contributed by atoms with E-state index >= 15 is 0 Å². The molecule has 0 unspecified atom stereocenters. The number of esters is 2. The highest BCUT2D eigenvalue weighted by molar-refractivity contribution is 5.89. The molecule has 7 heavy (non-hydrogen) atoms. The Morgan fingerprint density at radius 1 is 1.14 bits per heavy atom. The van der Waals surface area contributed by atoms with Crippen molar-refractivity contribution in [2.24, 2.45) is 0 Å². The van der Waals surface area contributed by atoms with Crippen LogP contribution in [0.3, 0.4) is 0 Å². The second-order valence-corrected chi connectivity index (χ2v) is 0.740. The second-order valence-electron chi connectivity index (χ2n) is 0.740. The molecule has 0 rings (SSSR count). The maximum absolute atomic E-state index is 9.51. The fraction of sp³-hybridized carbons (Fsp3) is 0. The van der Waals surface area contributed by atoms with Crippen molar-refractivity contribution in [3.8, 4) is 0 Å². The van der Waals surface area contributed by atoms with E-state index in [4.69, 9.17) is 0 Å². The lowest BCUT2D eigenvalue weighted by molar-refractivity contribution is -0.152. The summed E-state index contributed by atoms with van der Waals surface area (Å²) in [5.74, 6) is -2.38. The highest BCUT2D eigenvalue weighted by Crippen LogP contribution is 1.72. The Hall–Kier alpha value is -0.860. The summed E-state index contributed by atoms with van der Waals surface area (Å²) in [4.78, 5) is 19.0. The van der Waals surface area contributed by atoms with Gasteiger partial charge in [-0.1, -0.05) is 0 Å². The molecule has 0 atom stereocenters. The summed E-state index contributed by atoms with van der Waals surface area (Å²) in [6.45, 7) is 8.66. The van der Waals surface area contributed by atoms with Crippen molar-refractivity contribution in [3.63, 3.8) is 0 Å². The van der Waals surface area contributed by atoms with Crippen LogP contribution < -0.4 is 0 Å². The van der Waals surface area contributed by atoms with E-state index in [-0.39, 0.29) is 0 Å². The summed E-state index contributed by atoms with van der Waals surface area (Å²) in [5, 5.41) is 0. The van der Waals surface area contributed by atoms with E-state index in [9.17, 15) is 9.59 Å². The van der Waals surface area contributed by atoms with Crippen molar-refractivity contribution in [1.82, 2.24) is 0 Å². The number of carbonyl (C=O) groups is 2. The molecule has 36 valence electrons. The van der Waals surface area contributed by atoms with Crippen LogP contribution in [-0.2, 0) is 14.3 Å². The van der Waals surface area contributed by atoms with Crippen LogP contribution in [0.5, 0.6) is 0 Å². The van der Waals surface area contributed by atoms with Crippen molar-refractivity contribution < 1.29 is 14.3 Å². The van der Waals surface area contributed by atoms with Gasteiger partial charge < -0.3 is 4.74 Å². The van der Waals surface area contributed by atoms with Gasteiger partial charge in [0.25, 0.3) is 0 Å². The Balaban J connectivity index is 3.32. The fourth-order valence-electron chi connectivity index (χ4n) is 0.0991. The topological polar surface area (TPSA) is 43.4 Å². The third-order valence-electron chi connectivity index (χ3n) is 0.201. The molecule has 3 nitrogen and oxygen atoms in total. The zero-order valence-electron chi connectivity index (χ0n) is 3.38. The van der Waals surface area contributed by atoms with Gasteiger partial charge >= 0.3 is 11.9 Å². The van der Waals surface area contributed by atoms with Crippen molar-refractivity contribution in [2.75, 3.05) is 0 Å². The molecule has 0 aliphatic rings. The molecule has 0 saturated carbocycles. The van der Waals surface area contributed by atoms with Gasteiger partial charge in [-0.25, -0.2) is 0 Å². The van der Waals surface area contributed by atoms with Crippen molar-refractivity contribution in [2.45, 2.75) is 0 Å². The molecule has 3 heteroatoms. The van der Waals surface area contributed by atoms with E-state index < -0.39 is 11.9 Å². The molecule has 0 saturated heterocycles. The average Bonchev–Trinajstić information content (AvgIpc) is 1.27. The Kier molecular flexibility index (Phi) is 2.05. The minimum atomic E-state index is -1.19. The molecule has 0 spiro atoms. The van der Waals surface area contributed by atoms with Crippen molar-refractivity contribution in [1.29, 1.82) is 0 Å². The molecule has 0 aliphatic heterocycles. The third kappa shape index (κ3) is 5.14. The second kappa shape index (κ2) is 2.34. The largest absolute Gasteiger partial charge is 0.393 e. The Labute approximate surface area is 41.3 Å². The lowest BCUT2D eigenvalue weighted by Gasteiger charge is -1.86. The predicted molar refractivity (Wildman–Crippen MR) is 19.7 cm³/mol. The summed E-state index contributed by atoms with van der Waals surface area (Å²) in [6, 6.07) is 0. The minimum absolute atomic E-state index is 1.19. The first-order chi connectivity index (χ1) is 3.13. The van der Waals surface area contributed by atoms with E-state index in [0.29, 0.717) is 0 Å². The van der Waals surface area contributed by atoms with Crippen LogP contribution in [0.15, 0.2) is 0 Å². The van der Waals surface area contributed by atoms with Gasteiger partial charge in [0.05, 0.1) is 13.8 Å². The number of hydrogen-bond acceptors (Lipinski definition) is 3. The predicted octanol–water partition coefficient (Wildman–Crippen LogP) is -0.522. The van der Waals surface area contributed by atoms with E-state index in [1.165, 1.54) is 0 Å². The lowest BCUT2D eigenvalue weighted by atomic mass is 10.7. The highest BCUT2D eigenvalue weighted by Gasteiger charge is 1.94. The van der Waals surface area contributed by atoms with Crippen LogP contribution >= 0.6 is 0 Å². The first-order valence-electron chi connectivity index (χ1n) is 1.39. The number of carbonyl (C=O) groups excluding carboxylic acids is 2. The molecule has 0 aliphatic carbocycles. The van der Waals surface area contributed by atoms with Crippen LogP contribution in [0.1, 0.15) is 0 Å². The fourth-order valence-corrected chi connectivity index (χ4v) is 0.0991. The van der Waals surface area contributed by atoms with E-state index in [1.54, 1.807) is 0 Å². The normalized spacial score (nSPS) is 7.71. The van der Waals surface area contributed by atoms with Gasteiger partial charge in [-0.15, -0.1) is 0 Å². The lowest BCUT2D eigenvalue weighted by Crippen LogP contribution is -2.03. The zero-order valence-corrected chi connectivity index (χ0v) is 3.38. The molecule has 0 aromatic rings. The SMILES string of the molecule is [CH]C(=O)OC([CH])=O. The van der Waals surface area contributed by atoms with Gasteiger partial charge in [-0.05, 0) is 0 Å². The maximum atomic E-state index is 9.51. The summed E-state index contributed by atoms with van der Waals surface area (Å²) in [7, 11) is 0. The van der Waals surface area contributed by atoms with Crippen LogP contribution in [0, 0.1) is 13.8 Å². The van der Waals surface area contributed by atoms with Gasteiger partial charge in [0, 0.05) is 0 Å². The number of hydrogen-bond donors (Lipinski definition) is 0. The first kappa shape index (κ1) is 6.14. The Bertz CT molecular complexity index is 83.1. The quantitative estimate of drug-likeness (QED) is 0.302. The molecule has 0 amide bonds. The van der Waals surface area contributed by atoms with Crippen LogP contribution in [0.4, 0.5) is 0 Å². The van der Waals surface area contributed by atoms with Crippen molar-refractivity contribution in [3.05, 3.63) is 13.8 Å². The van der Waals surface area contributed by atoms with E-state index in [0.717, 1.165) is 0 Å². The Morgan fingerprint density at radius 3 is 1.43 bits per heavy atom. The highest BCUT2D eigenvalue weighted by atomic mass is 16.6. The summed E-state index contributed by atoms with van der Waals surface area (Å²) < 4.78 is 3.53. The molecule has 0 bridgehead atoms. The first-order valence-corrected chi connectivity index (χ1v) is 1.39. The monoisotopic (exact) mass is 98.0 g/mol.